The summed E-state index contributed by atoms with van der Waals surface area (Å²) in [5.74, 6) is -0.289. The fraction of sp³-hybridized carbons (Fsp3) is 0.429. The molecule has 20 heavy (non-hydrogen) atoms. The van der Waals surface area contributed by atoms with Crippen molar-refractivity contribution in [2.24, 2.45) is 5.73 Å². The Morgan fingerprint density at radius 3 is 3.00 bits per heavy atom. The molecular weight excluding hydrogens is 277 g/mol. The highest BCUT2D eigenvalue weighted by Gasteiger charge is 2.22. The van der Waals surface area contributed by atoms with Gasteiger partial charge in [-0.15, -0.1) is 0 Å². The first-order valence-electron chi connectivity index (χ1n) is 6.53. The van der Waals surface area contributed by atoms with Crippen molar-refractivity contribution < 1.29 is 9.18 Å². The number of hydrogen-bond acceptors (Lipinski definition) is 3. The van der Waals surface area contributed by atoms with E-state index in [2.05, 4.69) is 0 Å². The van der Waals surface area contributed by atoms with Crippen LogP contribution in [0, 0.1) is 5.82 Å². The molecule has 0 aromatic heterocycles. The van der Waals surface area contributed by atoms with E-state index in [-0.39, 0.29) is 18.3 Å². The largest absolute Gasteiger partial charge is 0.393 e. The molecule has 1 heterocycles. The number of nitrogens with two attached hydrogens (primary N) is 1. The van der Waals surface area contributed by atoms with Gasteiger partial charge in [-0.25, -0.2) is 4.39 Å². The molecule has 1 aliphatic rings. The zero-order valence-electron chi connectivity index (χ0n) is 11.4. The highest BCUT2D eigenvalue weighted by Crippen LogP contribution is 2.28. The second kappa shape index (κ2) is 6.17. The zero-order valence-corrected chi connectivity index (χ0v) is 12.3. The van der Waals surface area contributed by atoms with Gasteiger partial charge in [0.25, 0.3) is 0 Å². The lowest BCUT2D eigenvalue weighted by Gasteiger charge is -2.23. The van der Waals surface area contributed by atoms with Crippen LogP contribution in [0.4, 0.5) is 10.1 Å². The number of halogens is 1. The van der Waals surface area contributed by atoms with E-state index >= 15 is 0 Å². The van der Waals surface area contributed by atoms with E-state index in [1.807, 2.05) is 4.90 Å². The highest BCUT2D eigenvalue weighted by molar-refractivity contribution is 7.80. The number of likely N-dealkylation sites (N-methyl/N-ethyl adjacent to an activating group) is 1. The average molecular weight is 295 g/mol. The molecule has 1 aromatic rings. The second-order valence-electron chi connectivity index (χ2n) is 4.98. The molecule has 0 saturated carbocycles. The zero-order chi connectivity index (χ0) is 14.7. The van der Waals surface area contributed by atoms with Gasteiger partial charge in [0.15, 0.2) is 0 Å². The third-order valence-corrected chi connectivity index (χ3v) is 3.69. The normalized spacial score (nSPS) is 13.2. The molecule has 2 N–H and O–H groups in total. The molecule has 0 atom stereocenters. The van der Waals surface area contributed by atoms with Crippen molar-refractivity contribution in [3.05, 3.63) is 29.6 Å². The molecule has 108 valence electrons. The van der Waals surface area contributed by atoms with Gasteiger partial charge in [0.2, 0.25) is 5.91 Å². The van der Waals surface area contributed by atoms with Crippen molar-refractivity contribution >= 4 is 28.8 Å². The van der Waals surface area contributed by atoms with Crippen LogP contribution in [0.25, 0.3) is 0 Å². The third kappa shape index (κ3) is 3.45. The Hall–Kier alpha value is -1.69. The molecule has 1 aromatic carbocycles. The molecule has 0 fully saturated rings. The Morgan fingerprint density at radius 2 is 2.30 bits per heavy atom. The maximum Gasteiger partial charge on any atom is 0.241 e. The quantitative estimate of drug-likeness (QED) is 0.833. The Labute approximate surface area is 123 Å². The summed E-state index contributed by atoms with van der Waals surface area (Å²) in [4.78, 5) is 16.0. The van der Waals surface area contributed by atoms with E-state index in [0.29, 0.717) is 18.0 Å². The summed E-state index contributed by atoms with van der Waals surface area (Å²) >= 11 is 4.80. The lowest BCUT2D eigenvalue weighted by atomic mass is 10.2. The number of rotatable bonds is 5. The van der Waals surface area contributed by atoms with Gasteiger partial charge in [-0.05, 0) is 24.1 Å². The predicted octanol–water partition coefficient (Wildman–Crippen LogP) is 1.32. The number of carbonyl (C=O) groups is 1. The van der Waals surface area contributed by atoms with Crippen LogP contribution in [0.15, 0.2) is 18.2 Å². The number of amides is 1. The van der Waals surface area contributed by atoms with Crippen molar-refractivity contribution in [3.8, 4) is 0 Å². The molecule has 1 amide bonds. The lowest BCUT2D eigenvalue weighted by Crippen LogP contribution is -2.39. The van der Waals surface area contributed by atoms with Crippen LogP contribution < -0.4 is 10.6 Å². The van der Waals surface area contributed by atoms with Crippen LogP contribution in [0.3, 0.4) is 0 Å². The van der Waals surface area contributed by atoms with Gasteiger partial charge in [-0.2, -0.15) is 0 Å². The minimum atomic E-state index is -0.273. The molecule has 0 aliphatic carbocycles. The first kappa shape index (κ1) is 14.7. The van der Waals surface area contributed by atoms with E-state index in [1.165, 1.54) is 12.1 Å². The molecule has 6 heteroatoms. The highest BCUT2D eigenvalue weighted by atomic mass is 32.1. The molecule has 0 radical (unpaired) electrons. The summed E-state index contributed by atoms with van der Waals surface area (Å²) in [6.07, 6.45) is 1.36. The fourth-order valence-corrected chi connectivity index (χ4v) is 2.36. The number of nitrogens with zero attached hydrogens (tertiary/aromatic N) is 2. The number of benzene rings is 1. The minimum Gasteiger partial charge on any atom is -0.393 e. The van der Waals surface area contributed by atoms with E-state index in [0.717, 1.165) is 24.2 Å². The van der Waals surface area contributed by atoms with Crippen molar-refractivity contribution in [2.75, 3.05) is 31.6 Å². The molecule has 0 spiro atoms. The Morgan fingerprint density at radius 1 is 1.55 bits per heavy atom. The number of thiocarbonyl (C=S) groups is 1. The van der Waals surface area contributed by atoms with Crippen LogP contribution in [-0.2, 0) is 11.2 Å². The molecule has 2 rings (SSSR count). The van der Waals surface area contributed by atoms with Crippen molar-refractivity contribution in [2.45, 2.75) is 12.8 Å². The Balaban J connectivity index is 1.97. The first-order chi connectivity index (χ1) is 9.47. The van der Waals surface area contributed by atoms with E-state index in [9.17, 15) is 9.18 Å². The fourth-order valence-electron chi connectivity index (χ4n) is 2.27. The van der Waals surface area contributed by atoms with Gasteiger partial charge in [0, 0.05) is 32.2 Å². The van der Waals surface area contributed by atoms with Gasteiger partial charge >= 0.3 is 0 Å². The topological polar surface area (TPSA) is 49.6 Å². The molecule has 0 saturated heterocycles. The molecular formula is C14H18FN3OS. The van der Waals surface area contributed by atoms with Crippen LogP contribution >= 0.6 is 12.2 Å². The molecule has 4 nitrogen and oxygen atoms in total. The van der Waals surface area contributed by atoms with Gasteiger partial charge in [0.05, 0.1) is 11.5 Å². The standard InChI is InChI=1S/C14H18FN3OS/c1-17(6-5-13(16)20)14(19)9-18-7-4-10-2-3-11(15)8-12(10)18/h2-3,8H,4-7,9H2,1H3,(H2,16,20). The summed E-state index contributed by atoms with van der Waals surface area (Å²) in [6, 6.07) is 4.73. The number of fused-ring (bicyclic) bond motifs is 1. The van der Waals surface area contributed by atoms with Crippen LogP contribution in [0.1, 0.15) is 12.0 Å². The summed E-state index contributed by atoms with van der Waals surface area (Å²) in [7, 11) is 1.73. The Bertz CT molecular complexity index is 535. The van der Waals surface area contributed by atoms with E-state index in [1.54, 1.807) is 18.0 Å². The average Bonchev–Trinajstić information content (AvgIpc) is 2.78. The van der Waals surface area contributed by atoms with Crippen molar-refractivity contribution in [3.63, 3.8) is 0 Å². The molecule has 0 unspecified atom stereocenters. The predicted molar refractivity (Wildman–Crippen MR) is 81.4 cm³/mol. The number of anilines is 1. The van der Waals surface area contributed by atoms with E-state index in [4.69, 9.17) is 18.0 Å². The third-order valence-electron chi connectivity index (χ3n) is 3.48. The molecule has 0 bridgehead atoms. The van der Waals surface area contributed by atoms with Gasteiger partial charge in [0.1, 0.15) is 5.82 Å². The minimum absolute atomic E-state index is 0.0154. The van der Waals surface area contributed by atoms with Gasteiger partial charge in [-0.3, -0.25) is 4.79 Å². The maximum absolute atomic E-state index is 13.3. The summed E-state index contributed by atoms with van der Waals surface area (Å²) in [5.41, 5.74) is 7.33. The van der Waals surface area contributed by atoms with Crippen molar-refractivity contribution in [1.29, 1.82) is 0 Å². The Kier molecular flexibility index (Phi) is 4.54. The van der Waals surface area contributed by atoms with Crippen LogP contribution in [0.5, 0.6) is 0 Å². The monoisotopic (exact) mass is 295 g/mol. The second-order valence-corrected chi connectivity index (χ2v) is 5.50. The smallest absolute Gasteiger partial charge is 0.241 e. The number of hydrogen-bond donors (Lipinski definition) is 1. The van der Waals surface area contributed by atoms with Gasteiger partial charge < -0.3 is 15.5 Å². The summed E-state index contributed by atoms with van der Waals surface area (Å²) < 4.78 is 13.3. The maximum atomic E-state index is 13.3. The van der Waals surface area contributed by atoms with Crippen molar-refractivity contribution in [1.82, 2.24) is 4.90 Å². The van der Waals surface area contributed by atoms with Crippen LogP contribution in [-0.4, -0.2) is 42.5 Å². The number of carbonyl (C=O) groups excluding carboxylic acids is 1. The first-order valence-corrected chi connectivity index (χ1v) is 6.94. The van der Waals surface area contributed by atoms with Gasteiger partial charge in [-0.1, -0.05) is 18.3 Å². The van der Waals surface area contributed by atoms with E-state index < -0.39 is 0 Å². The van der Waals surface area contributed by atoms with Crippen LogP contribution in [0.2, 0.25) is 0 Å². The lowest BCUT2D eigenvalue weighted by molar-refractivity contribution is -0.128. The summed E-state index contributed by atoms with van der Waals surface area (Å²) in [5, 5.41) is 0. The molecule has 1 aliphatic heterocycles. The summed E-state index contributed by atoms with van der Waals surface area (Å²) in [6.45, 7) is 1.51. The SMILES string of the molecule is CN(CCC(N)=S)C(=O)CN1CCc2ccc(F)cc21.